The molecule has 0 unspecified atom stereocenters. The average Bonchev–Trinajstić information content (AvgIpc) is 2.50. The van der Waals surface area contributed by atoms with Crippen molar-refractivity contribution in [2.75, 3.05) is 5.32 Å². The molecular formula is C17H14BrClN2. The Morgan fingerprint density at radius 3 is 2.90 bits per heavy atom. The summed E-state index contributed by atoms with van der Waals surface area (Å²) in [6.07, 6.45) is 1.82. The molecule has 0 radical (unpaired) electrons. The maximum Gasteiger partial charge on any atom is 0.0763 e. The fraction of sp³-hybridized carbons (Fsp3) is 0.118. The molecule has 1 aromatic heterocycles. The van der Waals surface area contributed by atoms with E-state index in [-0.39, 0.29) is 0 Å². The molecule has 0 aliphatic carbocycles. The first kappa shape index (κ1) is 14.4. The SMILES string of the molecule is Cc1ccc(Cl)c(NCc2ccc(Br)c3cccnc23)c1. The largest absolute Gasteiger partial charge is 0.380 e. The van der Waals surface area contributed by atoms with Gasteiger partial charge in [0.15, 0.2) is 0 Å². The minimum Gasteiger partial charge on any atom is -0.380 e. The number of anilines is 1. The van der Waals surface area contributed by atoms with E-state index in [4.69, 9.17) is 11.6 Å². The topological polar surface area (TPSA) is 24.9 Å². The summed E-state index contributed by atoms with van der Waals surface area (Å²) >= 11 is 9.79. The van der Waals surface area contributed by atoms with E-state index in [9.17, 15) is 0 Å². The second-order valence-corrected chi connectivity index (χ2v) is 6.20. The number of nitrogens with one attached hydrogen (secondary N) is 1. The number of aromatic nitrogens is 1. The molecule has 0 saturated heterocycles. The van der Waals surface area contributed by atoms with Crippen LogP contribution in [0.2, 0.25) is 5.02 Å². The van der Waals surface area contributed by atoms with Gasteiger partial charge in [0.25, 0.3) is 0 Å². The normalized spacial score (nSPS) is 10.8. The highest BCUT2D eigenvalue weighted by Gasteiger charge is 2.06. The van der Waals surface area contributed by atoms with Crippen LogP contribution in [0.15, 0.2) is 53.1 Å². The van der Waals surface area contributed by atoms with Crippen molar-refractivity contribution in [2.24, 2.45) is 0 Å². The zero-order valence-corrected chi connectivity index (χ0v) is 13.9. The maximum atomic E-state index is 6.22. The molecule has 3 rings (SSSR count). The van der Waals surface area contributed by atoms with E-state index in [2.05, 4.69) is 57.4 Å². The standard InChI is InChI=1S/C17H14BrClN2/c1-11-4-7-15(19)16(9-11)21-10-12-5-6-14(18)13-3-2-8-20-17(12)13/h2-9,21H,10H2,1H3. The fourth-order valence-corrected chi connectivity index (χ4v) is 2.94. The number of aryl methyl sites for hydroxylation is 1. The quantitative estimate of drug-likeness (QED) is 0.659. The second-order valence-electron chi connectivity index (χ2n) is 4.94. The lowest BCUT2D eigenvalue weighted by atomic mass is 10.1. The lowest BCUT2D eigenvalue weighted by molar-refractivity contribution is 1.15. The minimum atomic E-state index is 0.684. The zero-order valence-electron chi connectivity index (χ0n) is 11.5. The van der Waals surface area contributed by atoms with Gasteiger partial charge in [0.1, 0.15) is 0 Å². The van der Waals surface area contributed by atoms with E-state index in [1.165, 1.54) is 5.56 Å². The molecule has 0 atom stereocenters. The lowest BCUT2D eigenvalue weighted by Crippen LogP contribution is -2.02. The Morgan fingerprint density at radius 2 is 2.05 bits per heavy atom. The highest BCUT2D eigenvalue weighted by Crippen LogP contribution is 2.27. The van der Waals surface area contributed by atoms with Gasteiger partial charge in [-0.3, -0.25) is 4.98 Å². The van der Waals surface area contributed by atoms with Crippen molar-refractivity contribution in [1.29, 1.82) is 0 Å². The van der Waals surface area contributed by atoms with Crippen LogP contribution in [0.3, 0.4) is 0 Å². The predicted octanol–water partition coefficient (Wildman–Crippen LogP) is 5.57. The molecule has 3 aromatic rings. The highest BCUT2D eigenvalue weighted by atomic mass is 79.9. The number of nitrogens with zero attached hydrogens (tertiary/aromatic N) is 1. The van der Waals surface area contributed by atoms with Crippen molar-refractivity contribution in [3.05, 3.63) is 69.3 Å². The van der Waals surface area contributed by atoms with Gasteiger partial charge in [-0.15, -0.1) is 0 Å². The molecule has 1 heterocycles. The molecule has 1 N–H and O–H groups in total. The lowest BCUT2D eigenvalue weighted by Gasteiger charge is -2.11. The monoisotopic (exact) mass is 360 g/mol. The Balaban J connectivity index is 1.92. The third kappa shape index (κ3) is 3.04. The molecule has 0 spiro atoms. The molecular weight excluding hydrogens is 348 g/mol. The minimum absolute atomic E-state index is 0.684. The first-order valence-corrected chi connectivity index (χ1v) is 7.84. The van der Waals surface area contributed by atoms with Gasteiger partial charge in [-0.05, 0) is 42.3 Å². The summed E-state index contributed by atoms with van der Waals surface area (Å²) in [5, 5.41) is 5.24. The Labute approximate surface area is 137 Å². The smallest absolute Gasteiger partial charge is 0.0763 e. The van der Waals surface area contributed by atoms with Gasteiger partial charge in [-0.2, -0.15) is 0 Å². The van der Waals surface area contributed by atoms with E-state index >= 15 is 0 Å². The Kier molecular flexibility index (Phi) is 4.13. The van der Waals surface area contributed by atoms with Crippen molar-refractivity contribution in [1.82, 2.24) is 4.98 Å². The average molecular weight is 362 g/mol. The second kappa shape index (κ2) is 6.04. The van der Waals surface area contributed by atoms with Crippen LogP contribution in [0.4, 0.5) is 5.69 Å². The van der Waals surface area contributed by atoms with Gasteiger partial charge >= 0.3 is 0 Å². The molecule has 0 fully saturated rings. The van der Waals surface area contributed by atoms with Crippen molar-refractivity contribution in [3.8, 4) is 0 Å². The summed E-state index contributed by atoms with van der Waals surface area (Å²) in [5.41, 5.74) is 4.28. The molecule has 4 heteroatoms. The Morgan fingerprint density at radius 1 is 1.19 bits per heavy atom. The predicted molar refractivity (Wildman–Crippen MR) is 93.0 cm³/mol. The third-order valence-corrected chi connectivity index (χ3v) is 4.41. The number of pyridine rings is 1. The van der Waals surface area contributed by atoms with Crippen LogP contribution in [-0.2, 0) is 6.54 Å². The number of rotatable bonds is 3. The van der Waals surface area contributed by atoms with Crippen molar-refractivity contribution in [2.45, 2.75) is 13.5 Å². The number of hydrogen-bond donors (Lipinski definition) is 1. The molecule has 0 saturated carbocycles. The van der Waals surface area contributed by atoms with Crippen molar-refractivity contribution >= 4 is 44.1 Å². The van der Waals surface area contributed by atoms with Gasteiger partial charge in [-0.25, -0.2) is 0 Å². The number of benzene rings is 2. The molecule has 21 heavy (non-hydrogen) atoms. The summed E-state index contributed by atoms with van der Waals surface area (Å²) in [7, 11) is 0. The molecule has 0 amide bonds. The molecule has 2 nitrogen and oxygen atoms in total. The van der Waals surface area contributed by atoms with E-state index < -0.39 is 0 Å². The van der Waals surface area contributed by atoms with Crippen LogP contribution >= 0.6 is 27.5 Å². The summed E-state index contributed by atoms with van der Waals surface area (Å²) in [6, 6.07) is 14.1. The van der Waals surface area contributed by atoms with Crippen LogP contribution in [0.25, 0.3) is 10.9 Å². The van der Waals surface area contributed by atoms with Crippen LogP contribution in [0.1, 0.15) is 11.1 Å². The number of fused-ring (bicyclic) bond motifs is 1. The molecule has 0 bridgehead atoms. The molecule has 2 aromatic carbocycles. The third-order valence-electron chi connectivity index (χ3n) is 3.39. The van der Waals surface area contributed by atoms with Crippen LogP contribution < -0.4 is 5.32 Å². The highest BCUT2D eigenvalue weighted by molar-refractivity contribution is 9.10. The summed E-state index contributed by atoms with van der Waals surface area (Å²) in [5.74, 6) is 0. The fourth-order valence-electron chi connectivity index (χ4n) is 2.30. The molecule has 0 aliphatic heterocycles. The summed E-state index contributed by atoms with van der Waals surface area (Å²) < 4.78 is 1.06. The van der Waals surface area contributed by atoms with E-state index in [0.29, 0.717) is 6.54 Å². The van der Waals surface area contributed by atoms with Crippen molar-refractivity contribution in [3.63, 3.8) is 0 Å². The van der Waals surface area contributed by atoms with Gasteiger partial charge in [-0.1, -0.05) is 45.7 Å². The van der Waals surface area contributed by atoms with Gasteiger partial charge < -0.3 is 5.32 Å². The van der Waals surface area contributed by atoms with Crippen LogP contribution in [-0.4, -0.2) is 4.98 Å². The zero-order chi connectivity index (χ0) is 14.8. The van der Waals surface area contributed by atoms with E-state index in [1.54, 1.807) is 0 Å². The molecule has 0 aliphatic rings. The van der Waals surface area contributed by atoms with E-state index in [1.807, 2.05) is 24.4 Å². The van der Waals surface area contributed by atoms with Gasteiger partial charge in [0.05, 0.1) is 16.2 Å². The summed E-state index contributed by atoms with van der Waals surface area (Å²) in [4.78, 5) is 4.49. The first-order valence-electron chi connectivity index (χ1n) is 6.67. The maximum absolute atomic E-state index is 6.22. The summed E-state index contributed by atoms with van der Waals surface area (Å²) in [6.45, 7) is 2.74. The van der Waals surface area contributed by atoms with Crippen LogP contribution in [0, 0.1) is 6.92 Å². The van der Waals surface area contributed by atoms with Crippen LogP contribution in [0.5, 0.6) is 0 Å². The van der Waals surface area contributed by atoms with Crippen molar-refractivity contribution < 1.29 is 0 Å². The number of hydrogen-bond acceptors (Lipinski definition) is 2. The van der Waals surface area contributed by atoms with Gasteiger partial charge in [0.2, 0.25) is 0 Å². The van der Waals surface area contributed by atoms with Gasteiger partial charge in [0, 0.05) is 22.6 Å². The number of halogens is 2. The first-order chi connectivity index (χ1) is 10.1. The molecule has 106 valence electrons. The van der Waals surface area contributed by atoms with E-state index in [0.717, 1.165) is 31.6 Å². The Bertz CT molecular complexity index is 802. The Hall–Kier alpha value is -1.58.